The van der Waals surface area contributed by atoms with E-state index in [1.165, 1.54) is 16.8 Å². The molecule has 0 aliphatic carbocycles. The van der Waals surface area contributed by atoms with Crippen molar-refractivity contribution in [1.29, 1.82) is 0 Å². The van der Waals surface area contributed by atoms with Gasteiger partial charge in [0.25, 0.3) is 5.91 Å². The predicted molar refractivity (Wildman–Crippen MR) is 120 cm³/mol. The second-order valence-corrected chi connectivity index (χ2v) is 10.2. The van der Waals surface area contributed by atoms with Crippen LogP contribution >= 0.6 is 0 Å². The zero-order valence-corrected chi connectivity index (χ0v) is 18.2. The number of aromatic nitrogens is 2. The Bertz CT molecular complexity index is 1240. The zero-order chi connectivity index (χ0) is 21.4. The van der Waals surface area contributed by atoms with Gasteiger partial charge in [-0.2, -0.15) is 4.31 Å². The molecule has 3 heterocycles. The van der Waals surface area contributed by atoms with Crippen LogP contribution in [0, 0.1) is 0 Å². The average molecular weight is 439 g/mol. The summed E-state index contributed by atoms with van der Waals surface area (Å²) < 4.78 is 29.4. The second-order valence-electron chi connectivity index (χ2n) is 8.29. The Balaban J connectivity index is 1.38. The molecule has 7 nitrogen and oxygen atoms in total. The van der Waals surface area contributed by atoms with Crippen molar-refractivity contribution in [2.24, 2.45) is 0 Å². The first kappa shape index (κ1) is 20.2. The van der Waals surface area contributed by atoms with E-state index in [4.69, 9.17) is 4.98 Å². The lowest BCUT2D eigenvalue weighted by atomic mass is 10.2. The first-order valence-electron chi connectivity index (χ1n) is 10.9. The molecular formula is C23H26N4O3S. The molecule has 2 aromatic carbocycles. The molecule has 8 heteroatoms. The third-order valence-corrected chi connectivity index (χ3v) is 8.06. The molecule has 0 radical (unpaired) electrons. The normalized spacial score (nSPS) is 17.4. The summed E-state index contributed by atoms with van der Waals surface area (Å²) in [5, 5.41) is 2.89. The van der Waals surface area contributed by atoms with Crippen LogP contribution in [0.1, 0.15) is 48.3 Å². The topological polar surface area (TPSA) is 84.3 Å². The van der Waals surface area contributed by atoms with E-state index in [2.05, 4.69) is 9.88 Å². The summed E-state index contributed by atoms with van der Waals surface area (Å²) in [6.45, 7) is 2.05. The Morgan fingerprint density at radius 3 is 2.58 bits per heavy atom. The van der Waals surface area contributed by atoms with Crippen molar-refractivity contribution in [2.45, 2.75) is 50.0 Å². The number of anilines is 1. The van der Waals surface area contributed by atoms with Gasteiger partial charge >= 0.3 is 0 Å². The monoisotopic (exact) mass is 438 g/mol. The molecule has 2 aliphatic heterocycles. The summed E-state index contributed by atoms with van der Waals surface area (Å²) in [5.74, 6) is 0.773. The van der Waals surface area contributed by atoms with Gasteiger partial charge in [0, 0.05) is 37.3 Å². The fourth-order valence-electron chi connectivity index (χ4n) is 4.51. The Kier molecular flexibility index (Phi) is 5.27. The number of hydrogen-bond donors (Lipinski definition) is 1. The minimum absolute atomic E-state index is 0.162. The van der Waals surface area contributed by atoms with Gasteiger partial charge in [-0.3, -0.25) is 4.79 Å². The van der Waals surface area contributed by atoms with E-state index in [0.29, 0.717) is 24.3 Å². The predicted octanol–water partition coefficient (Wildman–Crippen LogP) is 3.80. The van der Waals surface area contributed by atoms with E-state index in [0.717, 1.165) is 55.5 Å². The van der Waals surface area contributed by atoms with Crippen molar-refractivity contribution < 1.29 is 13.2 Å². The summed E-state index contributed by atoms with van der Waals surface area (Å²) in [6.07, 6.45) is 6.27. The number of imidazole rings is 1. The molecule has 1 N–H and O–H groups in total. The van der Waals surface area contributed by atoms with Gasteiger partial charge in [0.1, 0.15) is 5.82 Å². The molecule has 5 rings (SSSR count). The molecule has 162 valence electrons. The fraction of sp³-hybridized carbons (Fsp3) is 0.391. The summed E-state index contributed by atoms with van der Waals surface area (Å²) in [6, 6.07) is 12.0. The minimum atomic E-state index is -3.56. The van der Waals surface area contributed by atoms with E-state index < -0.39 is 10.0 Å². The van der Waals surface area contributed by atoms with Crippen LogP contribution in [0.2, 0.25) is 0 Å². The Hall–Kier alpha value is -2.71. The zero-order valence-electron chi connectivity index (χ0n) is 17.4. The number of benzene rings is 2. The highest BCUT2D eigenvalue weighted by molar-refractivity contribution is 7.89. The van der Waals surface area contributed by atoms with Gasteiger partial charge in [-0.15, -0.1) is 0 Å². The van der Waals surface area contributed by atoms with Crippen molar-refractivity contribution in [3.8, 4) is 0 Å². The summed E-state index contributed by atoms with van der Waals surface area (Å²) >= 11 is 0. The first-order chi connectivity index (χ1) is 15.0. The highest BCUT2D eigenvalue weighted by Gasteiger charge is 2.27. The summed E-state index contributed by atoms with van der Waals surface area (Å²) in [5.41, 5.74) is 2.94. The molecule has 1 aromatic heterocycles. The number of carbonyl (C=O) groups excluding carboxylic acids is 1. The van der Waals surface area contributed by atoms with Gasteiger partial charge in [0.15, 0.2) is 0 Å². The van der Waals surface area contributed by atoms with Crippen LogP contribution in [0.5, 0.6) is 0 Å². The second kappa shape index (κ2) is 8.09. The van der Waals surface area contributed by atoms with Crippen molar-refractivity contribution >= 4 is 32.7 Å². The van der Waals surface area contributed by atoms with Crippen LogP contribution < -0.4 is 5.32 Å². The molecule has 0 atom stereocenters. The third-order valence-electron chi connectivity index (χ3n) is 6.17. The highest BCUT2D eigenvalue weighted by Crippen LogP contribution is 2.25. The van der Waals surface area contributed by atoms with Gasteiger partial charge < -0.3 is 9.88 Å². The maximum Gasteiger partial charge on any atom is 0.255 e. The molecule has 3 aromatic rings. The van der Waals surface area contributed by atoms with Crippen molar-refractivity contribution in [2.75, 3.05) is 18.4 Å². The number of nitrogens with one attached hydrogen (secondary N) is 1. The molecule has 0 saturated carbocycles. The van der Waals surface area contributed by atoms with Crippen LogP contribution in [0.3, 0.4) is 0 Å². The van der Waals surface area contributed by atoms with Gasteiger partial charge in [-0.1, -0.05) is 12.5 Å². The lowest BCUT2D eigenvalue weighted by Gasteiger charge is -2.16. The Morgan fingerprint density at radius 1 is 0.935 bits per heavy atom. The van der Waals surface area contributed by atoms with Gasteiger partial charge in [-0.25, -0.2) is 13.4 Å². The molecule has 2 aliphatic rings. The number of hydrogen-bond acceptors (Lipinski definition) is 4. The largest absolute Gasteiger partial charge is 0.328 e. The number of rotatable bonds is 4. The lowest BCUT2D eigenvalue weighted by molar-refractivity contribution is 0.102. The molecule has 31 heavy (non-hydrogen) atoms. The maximum atomic E-state index is 12.8. The number of sulfonamides is 1. The van der Waals surface area contributed by atoms with Gasteiger partial charge in [0.05, 0.1) is 15.9 Å². The fourth-order valence-corrected chi connectivity index (χ4v) is 6.07. The smallest absolute Gasteiger partial charge is 0.255 e. The van der Waals surface area contributed by atoms with E-state index in [1.807, 2.05) is 18.2 Å². The Labute approximate surface area is 182 Å². The van der Waals surface area contributed by atoms with Crippen LogP contribution in [0.4, 0.5) is 5.69 Å². The van der Waals surface area contributed by atoms with E-state index >= 15 is 0 Å². The summed E-state index contributed by atoms with van der Waals surface area (Å²) in [4.78, 5) is 17.8. The highest BCUT2D eigenvalue weighted by atomic mass is 32.2. The molecule has 0 unspecified atom stereocenters. The van der Waals surface area contributed by atoms with Crippen LogP contribution in [0.25, 0.3) is 11.0 Å². The number of nitrogens with zero attached hydrogens (tertiary/aromatic N) is 3. The number of carbonyl (C=O) groups is 1. The summed E-state index contributed by atoms with van der Waals surface area (Å²) in [7, 11) is -3.56. The van der Waals surface area contributed by atoms with Crippen LogP contribution in [0.15, 0.2) is 47.4 Å². The number of amides is 1. The average Bonchev–Trinajstić information content (AvgIpc) is 3.37. The molecule has 0 spiro atoms. The van der Waals surface area contributed by atoms with Crippen molar-refractivity contribution in [1.82, 2.24) is 13.9 Å². The van der Waals surface area contributed by atoms with Crippen molar-refractivity contribution in [3.63, 3.8) is 0 Å². The maximum absolute atomic E-state index is 12.8. The first-order valence-corrected chi connectivity index (χ1v) is 12.4. The SMILES string of the molecule is O=C(Nc1ccc2c(c1)nc1n2CCCCC1)c1cccc(S(=O)(=O)N2CCCC2)c1. The van der Waals surface area contributed by atoms with Crippen LogP contribution in [-0.2, 0) is 23.0 Å². The van der Waals surface area contributed by atoms with Gasteiger partial charge in [0.2, 0.25) is 10.0 Å². The number of fused-ring (bicyclic) bond motifs is 3. The minimum Gasteiger partial charge on any atom is -0.328 e. The standard InChI is InChI=1S/C23H26N4O3S/c28-23(17-7-6-8-19(15-17)31(29,30)26-12-4-5-13-26)24-18-10-11-21-20(16-18)25-22-9-2-1-3-14-27(21)22/h6-8,10-11,15-16H,1-5,9,12-14H2,(H,24,28). The quantitative estimate of drug-likeness (QED) is 0.672. The van der Waals surface area contributed by atoms with Crippen molar-refractivity contribution in [3.05, 3.63) is 53.9 Å². The van der Waals surface area contributed by atoms with E-state index in [-0.39, 0.29) is 10.8 Å². The molecular weight excluding hydrogens is 412 g/mol. The van der Waals surface area contributed by atoms with E-state index in [1.54, 1.807) is 18.2 Å². The molecule has 1 saturated heterocycles. The van der Waals surface area contributed by atoms with Crippen LogP contribution in [-0.4, -0.2) is 41.3 Å². The molecule has 1 amide bonds. The lowest BCUT2D eigenvalue weighted by Crippen LogP contribution is -2.28. The number of aryl methyl sites for hydroxylation is 2. The third kappa shape index (κ3) is 3.85. The molecule has 0 bridgehead atoms. The van der Waals surface area contributed by atoms with E-state index in [9.17, 15) is 13.2 Å². The van der Waals surface area contributed by atoms with Gasteiger partial charge in [-0.05, 0) is 62.1 Å². The molecule has 1 fully saturated rings. The Morgan fingerprint density at radius 2 is 1.74 bits per heavy atom.